The van der Waals surface area contributed by atoms with Crippen LogP contribution in [0.5, 0.6) is 0 Å². The van der Waals surface area contributed by atoms with E-state index in [0.717, 1.165) is 42.9 Å². The van der Waals surface area contributed by atoms with Crippen LogP contribution in [-0.2, 0) is 17.8 Å². The molecule has 0 unspecified atom stereocenters. The van der Waals surface area contributed by atoms with Crippen LogP contribution in [0.3, 0.4) is 0 Å². The Morgan fingerprint density at radius 3 is 2.79 bits per heavy atom. The van der Waals surface area contributed by atoms with Gasteiger partial charge in [-0.25, -0.2) is 9.38 Å². The number of amides is 1. The summed E-state index contributed by atoms with van der Waals surface area (Å²) >= 11 is 0. The van der Waals surface area contributed by atoms with Gasteiger partial charge in [-0.3, -0.25) is 4.79 Å². The summed E-state index contributed by atoms with van der Waals surface area (Å²) in [6, 6.07) is 5.44. The lowest BCUT2D eigenvalue weighted by atomic mass is 10.00. The predicted molar refractivity (Wildman–Crippen MR) is 103 cm³/mol. The average Bonchev–Trinajstić information content (AvgIpc) is 3.34. The Morgan fingerprint density at radius 1 is 1.38 bits per heavy atom. The fourth-order valence-corrected chi connectivity index (χ4v) is 2.63. The fraction of sp³-hybridized carbons (Fsp3) is 0.529. The highest BCUT2D eigenvalue weighted by Crippen LogP contribution is 2.22. The number of guanidine groups is 1. The van der Waals surface area contributed by atoms with E-state index < -0.39 is 0 Å². The molecule has 1 N–H and O–H groups in total. The van der Waals surface area contributed by atoms with E-state index in [0.29, 0.717) is 12.6 Å². The van der Waals surface area contributed by atoms with Crippen LogP contribution in [0.4, 0.5) is 4.39 Å². The van der Waals surface area contributed by atoms with Crippen molar-refractivity contribution in [3.05, 3.63) is 35.1 Å². The van der Waals surface area contributed by atoms with Crippen molar-refractivity contribution in [2.24, 2.45) is 4.99 Å². The Labute approximate surface area is 159 Å². The molecule has 0 aromatic heterocycles. The molecule has 0 atom stereocenters. The van der Waals surface area contributed by atoms with Gasteiger partial charge in [-0.15, -0.1) is 24.0 Å². The Hall–Kier alpha value is -1.38. The normalized spacial score (nSPS) is 17.0. The molecule has 5 nitrogen and oxygen atoms in total. The second-order valence-electron chi connectivity index (χ2n) is 6.43. The maximum atomic E-state index is 13.3. The Bertz CT molecular complexity index is 631. The van der Waals surface area contributed by atoms with Crippen molar-refractivity contribution >= 4 is 35.8 Å². The average molecular weight is 446 g/mol. The number of carbonyl (C=O) groups is 1. The van der Waals surface area contributed by atoms with Crippen LogP contribution in [0, 0.1) is 5.82 Å². The molecule has 0 radical (unpaired) electrons. The van der Waals surface area contributed by atoms with Crippen molar-refractivity contribution in [1.82, 2.24) is 15.1 Å². The molecule has 3 rings (SSSR count). The number of halogens is 2. The van der Waals surface area contributed by atoms with E-state index in [2.05, 4.69) is 15.2 Å². The molecular weight excluding hydrogens is 422 g/mol. The maximum Gasteiger partial charge on any atom is 0.243 e. The number of hydrogen-bond donors (Lipinski definition) is 1. The summed E-state index contributed by atoms with van der Waals surface area (Å²) in [6.07, 6.45) is 3.09. The van der Waals surface area contributed by atoms with Crippen molar-refractivity contribution in [3.63, 3.8) is 0 Å². The Balaban J connectivity index is 0.00000208. The van der Waals surface area contributed by atoms with Crippen LogP contribution in [0.15, 0.2) is 23.2 Å². The minimum Gasteiger partial charge on any atom is -0.353 e. The summed E-state index contributed by atoms with van der Waals surface area (Å²) in [6.45, 7) is 1.63. The largest absolute Gasteiger partial charge is 0.353 e. The molecule has 132 valence electrons. The molecule has 1 saturated carbocycles. The zero-order chi connectivity index (χ0) is 16.4. The molecular formula is C17H24FIN4O. The van der Waals surface area contributed by atoms with Gasteiger partial charge < -0.3 is 15.1 Å². The topological polar surface area (TPSA) is 47.9 Å². The monoisotopic (exact) mass is 446 g/mol. The van der Waals surface area contributed by atoms with Gasteiger partial charge in [0.15, 0.2) is 5.96 Å². The smallest absolute Gasteiger partial charge is 0.243 e. The maximum absolute atomic E-state index is 13.3. The second-order valence-corrected chi connectivity index (χ2v) is 6.43. The molecule has 1 aromatic rings. The summed E-state index contributed by atoms with van der Waals surface area (Å²) in [7, 11) is 3.47. The number of rotatable bonds is 3. The lowest BCUT2D eigenvalue weighted by molar-refractivity contribution is -0.127. The molecule has 7 heteroatoms. The van der Waals surface area contributed by atoms with Crippen LogP contribution < -0.4 is 5.32 Å². The van der Waals surface area contributed by atoms with Crippen molar-refractivity contribution in [2.45, 2.75) is 31.8 Å². The van der Waals surface area contributed by atoms with Crippen molar-refractivity contribution in [1.29, 1.82) is 0 Å². The summed E-state index contributed by atoms with van der Waals surface area (Å²) in [5, 5.41) is 3.43. The molecule has 1 aliphatic heterocycles. The van der Waals surface area contributed by atoms with Crippen LogP contribution in [0.1, 0.15) is 24.0 Å². The van der Waals surface area contributed by atoms with Gasteiger partial charge in [-0.2, -0.15) is 0 Å². The summed E-state index contributed by atoms with van der Waals surface area (Å²) in [4.78, 5) is 20.0. The molecule has 0 saturated heterocycles. The molecule has 0 bridgehead atoms. The first-order chi connectivity index (χ1) is 11.0. The predicted octanol–water partition coefficient (Wildman–Crippen LogP) is 2.00. The zero-order valence-electron chi connectivity index (χ0n) is 14.1. The van der Waals surface area contributed by atoms with Crippen LogP contribution in [0.2, 0.25) is 0 Å². The number of hydrogen-bond acceptors (Lipinski definition) is 2. The highest BCUT2D eigenvalue weighted by molar-refractivity contribution is 14.0. The number of aliphatic imine (C=N–C) groups is 1. The third-order valence-electron chi connectivity index (χ3n) is 4.25. The van der Waals surface area contributed by atoms with E-state index in [4.69, 9.17) is 0 Å². The molecule has 1 amide bonds. The lowest BCUT2D eigenvalue weighted by Gasteiger charge is -2.32. The quantitative estimate of drug-likeness (QED) is 0.439. The van der Waals surface area contributed by atoms with Crippen molar-refractivity contribution < 1.29 is 9.18 Å². The summed E-state index contributed by atoms with van der Waals surface area (Å²) in [5.74, 6) is 0.594. The molecule has 1 fully saturated rings. The Morgan fingerprint density at radius 2 is 2.12 bits per heavy atom. The number of likely N-dealkylation sites (N-methyl/N-ethyl adjacent to an activating group) is 1. The van der Waals surface area contributed by atoms with E-state index in [1.807, 2.05) is 6.07 Å². The highest BCUT2D eigenvalue weighted by atomic mass is 127. The fourth-order valence-electron chi connectivity index (χ4n) is 2.63. The molecule has 1 heterocycles. The number of fused-ring (bicyclic) bond motifs is 1. The van der Waals surface area contributed by atoms with E-state index in [1.54, 1.807) is 25.1 Å². The van der Waals surface area contributed by atoms with Gasteiger partial charge in [0.05, 0.1) is 0 Å². The van der Waals surface area contributed by atoms with Crippen LogP contribution in [0.25, 0.3) is 0 Å². The van der Waals surface area contributed by atoms with Gasteiger partial charge in [0, 0.05) is 33.2 Å². The summed E-state index contributed by atoms with van der Waals surface area (Å²) in [5.41, 5.74) is 2.19. The van der Waals surface area contributed by atoms with E-state index in [9.17, 15) is 9.18 Å². The first-order valence-electron chi connectivity index (χ1n) is 8.06. The van der Waals surface area contributed by atoms with Crippen LogP contribution in [-0.4, -0.2) is 54.9 Å². The highest BCUT2D eigenvalue weighted by Gasteiger charge is 2.27. The molecule has 1 aliphatic carbocycles. The first-order valence-corrected chi connectivity index (χ1v) is 8.06. The van der Waals surface area contributed by atoms with Gasteiger partial charge in [0.2, 0.25) is 5.91 Å². The Kier molecular flexibility index (Phi) is 6.42. The van der Waals surface area contributed by atoms with E-state index in [-0.39, 0.29) is 42.2 Å². The van der Waals surface area contributed by atoms with Gasteiger partial charge >= 0.3 is 0 Å². The first kappa shape index (κ1) is 19.0. The van der Waals surface area contributed by atoms with E-state index >= 15 is 0 Å². The molecule has 1 aromatic carbocycles. The van der Waals surface area contributed by atoms with Crippen LogP contribution >= 0.6 is 24.0 Å². The van der Waals surface area contributed by atoms with Crippen molar-refractivity contribution in [3.8, 4) is 0 Å². The molecule has 0 spiro atoms. The summed E-state index contributed by atoms with van der Waals surface area (Å²) < 4.78 is 13.3. The van der Waals surface area contributed by atoms with Gasteiger partial charge in [0.25, 0.3) is 0 Å². The number of benzene rings is 1. The number of nitrogens with zero attached hydrogens (tertiary/aromatic N) is 3. The zero-order valence-corrected chi connectivity index (χ0v) is 16.4. The van der Waals surface area contributed by atoms with Gasteiger partial charge in [0.1, 0.15) is 12.4 Å². The number of nitrogens with one attached hydrogen (secondary N) is 1. The SMILES string of the molecule is CN(C)C(=O)CN=C(NC1CC1)N1CCc2cc(F)ccc2C1.I. The van der Waals surface area contributed by atoms with Crippen molar-refractivity contribution in [2.75, 3.05) is 27.2 Å². The van der Waals surface area contributed by atoms with Gasteiger partial charge in [-0.1, -0.05) is 6.07 Å². The third kappa shape index (κ3) is 4.81. The minimum absolute atomic E-state index is 0. The van der Waals surface area contributed by atoms with E-state index in [1.165, 1.54) is 6.07 Å². The minimum atomic E-state index is -0.182. The third-order valence-corrected chi connectivity index (χ3v) is 4.25. The lowest BCUT2D eigenvalue weighted by Crippen LogP contribution is -2.45. The number of carbonyl (C=O) groups excluding carboxylic acids is 1. The standard InChI is InChI=1S/C17H23FN4O.HI/c1-21(2)16(23)10-19-17(20-15-5-6-15)22-8-7-12-9-14(18)4-3-13(12)11-22;/h3-4,9,15H,5-8,10-11H2,1-2H3,(H,19,20);1H. The van der Waals surface area contributed by atoms with Gasteiger partial charge in [-0.05, 0) is 42.5 Å². The molecule has 24 heavy (non-hydrogen) atoms. The second kappa shape index (κ2) is 8.13. The molecule has 2 aliphatic rings.